The van der Waals surface area contributed by atoms with Gasteiger partial charge in [-0.3, -0.25) is 9.59 Å². The molecule has 0 saturated heterocycles. The number of phenols is 2. The molecule has 12 heteroatoms. The van der Waals surface area contributed by atoms with Crippen LogP contribution in [0.15, 0.2) is 60.7 Å². The number of aromatic hydroxyl groups is 2. The fourth-order valence-electron chi connectivity index (χ4n) is 3.89. The molecule has 0 aliphatic carbocycles. The number of ketones is 2. The second-order valence-electron chi connectivity index (χ2n) is 8.46. The van der Waals surface area contributed by atoms with Gasteiger partial charge in [-0.15, -0.1) is 0 Å². The van der Waals surface area contributed by atoms with E-state index in [9.17, 15) is 39.6 Å². The number of hydrogen-bond acceptors (Lipinski definition) is 12. The van der Waals surface area contributed by atoms with E-state index < -0.39 is 46.5 Å². The molecule has 3 rings (SSSR count). The maximum atomic E-state index is 12.9. The minimum Gasteiger partial charge on any atom is -0.507 e. The lowest BCUT2D eigenvalue weighted by Crippen LogP contribution is -2.06. The second kappa shape index (κ2) is 13.0. The van der Waals surface area contributed by atoms with E-state index in [2.05, 4.69) is 9.47 Å². The highest BCUT2D eigenvalue weighted by atomic mass is 16.5. The third kappa shape index (κ3) is 6.33. The SMILES string of the molecule is COC(=O)c1ccc(O)c(C(=O)/C=C(\O)c2ccc(/C(O)=C/C(=O)c3cc(C(=O)OC)ccc3O)c(OC)c2OC)c1. The van der Waals surface area contributed by atoms with E-state index in [-0.39, 0.29) is 44.9 Å². The summed E-state index contributed by atoms with van der Waals surface area (Å²) in [5, 5.41) is 41.8. The van der Waals surface area contributed by atoms with Gasteiger partial charge in [-0.25, -0.2) is 9.59 Å². The molecule has 0 unspecified atom stereocenters. The first-order valence-electron chi connectivity index (χ1n) is 12.0. The molecule has 0 aliphatic rings. The molecule has 0 spiro atoms. The molecule has 0 fully saturated rings. The van der Waals surface area contributed by atoms with Gasteiger partial charge in [0.1, 0.15) is 23.0 Å². The van der Waals surface area contributed by atoms with E-state index in [4.69, 9.17) is 9.47 Å². The van der Waals surface area contributed by atoms with E-state index in [0.29, 0.717) is 0 Å². The predicted molar refractivity (Wildman–Crippen MR) is 148 cm³/mol. The Balaban J connectivity index is 2.02. The molecular weight excluding hydrogens is 552 g/mol. The summed E-state index contributed by atoms with van der Waals surface area (Å²) in [6.07, 6.45) is 1.56. The summed E-state index contributed by atoms with van der Waals surface area (Å²) in [7, 11) is 4.77. The first kappa shape index (κ1) is 30.8. The van der Waals surface area contributed by atoms with Crippen LogP contribution >= 0.6 is 0 Å². The normalized spacial score (nSPS) is 11.4. The topological polar surface area (TPSA) is 186 Å². The second-order valence-corrected chi connectivity index (χ2v) is 8.46. The van der Waals surface area contributed by atoms with Gasteiger partial charge >= 0.3 is 11.9 Å². The lowest BCUT2D eigenvalue weighted by atomic mass is 10.0. The van der Waals surface area contributed by atoms with Gasteiger partial charge in [0.15, 0.2) is 23.1 Å². The molecule has 42 heavy (non-hydrogen) atoms. The van der Waals surface area contributed by atoms with Gasteiger partial charge in [-0.1, -0.05) is 0 Å². The predicted octanol–water partition coefficient (Wildman–Crippen LogP) is 4.25. The van der Waals surface area contributed by atoms with Gasteiger partial charge in [0.25, 0.3) is 0 Å². The van der Waals surface area contributed by atoms with Gasteiger partial charge in [0.05, 0.1) is 61.8 Å². The molecular formula is C30H26O12. The van der Waals surface area contributed by atoms with Crippen LogP contribution in [0.2, 0.25) is 0 Å². The highest BCUT2D eigenvalue weighted by molar-refractivity contribution is 6.12. The molecule has 3 aromatic carbocycles. The third-order valence-corrected chi connectivity index (χ3v) is 5.97. The van der Waals surface area contributed by atoms with E-state index >= 15 is 0 Å². The molecule has 0 saturated carbocycles. The van der Waals surface area contributed by atoms with E-state index in [1.807, 2.05) is 0 Å². The number of methoxy groups -OCH3 is 4. The number of carbonyl (C=O) groups is 4. The Hall–Kier alpha value is -5.78. The van der Waals surface area contributed by atoms with Crippen LogP contribution in [0.5, 0.6) is 23.0 Å². The molecule has 12 nitrogen and oxygen atoms in total. The lowest BCUT2D eigenvalue weighted by molar-refractivity contribution is 0.0591. The summed E-state index contributed by atoms with van der Waals surface area (Å²) < 4.78 is 19.9. The summed E-state index contributed by atoms with van der Waals surface area (Å²) in [4.78, 5) is 49.3. The van der Waals surface area contributed by atoms with Crippen molar-refractivity contribution in [3.8, 4) is 23.0 Å². The van der Waals surface area contributed by atoms with Crippen molar-refractivity contribution in [1.29, 1.82) is 0 Å². The number of aliphatic hydroxyl groups is 2. The van der Waals surface area contributed by atoms with Crippen molar-refractivity contribution in [2.75, 3.05) is 28.4 Å². The average Bonchev–Trinajstić information content (AvgIpc) is 2.99. The minimum atomic E-state index is -0.858. The summed E-state index contributed by atoms with van der Waals surface area (Å²) in [6.45, 7) is 0. The standard InChI is InChI=1S/C30H26O12/c1-39-27-17(23(33)13-25(35)19-11-15(29(37)41-3)5-9-21(19)31)7-8-18(28(27)40-2)24(34)14-26(36)20-12-16(30(38)42-4)6-10-22(20)32/h5-14,31-34H,1-4H3/b23-13-,24-14-. The fourth-order valence-corrected chi connectivity index (χ4v) is 3.89. The van der Waals surface area contributed by atoms with Gasteiger partial charge < -0.3 is 39.4 Å². The van der Waals surface area contributed by atoms with Crippen molar-refractivity contribution >= 4 is 35.0 Å². The van der Waals surface area contributed by atoms with Crippen molar-refractivity contribution in [3.05, 3.63) is 94.1 Å². The number of esters is 2. The molecule has 0 amide bonds. The highest BCUT2D eigenvalue weighted by Crippen LogP contribution is 2.40. The maximum absolute atomic E-state index is 12.9. The molecule has 0 aliphatic heterocycles. The third-order valence-electron chi connectivity index (χ3n) is 5.97. The number of allylic oxidation sites excluding steroid dienone is 2. The van der Waals surface area contributed by atoms with Gasteiger partial charge in [-0.2, -0.15) is 0 Å². The number of ether oxygens (including phenoxy) is 4. The quantitative estimate of drug-likeness (QED) is 0.116. The molecule has 0 heterocycles. The number of phenolic OH excluding ortho intramolecular Hbond substituents is 2. The van der Waals surface area contributed by atoms with Crippen LogP contribution in [0.4, 0.5) is 0 Å². The number of rotatable bonds is 10. The van der Waals surface area contributed by atoms with E-state index in [1.165, 1.54) is 38.5 Å². The zero-order valence-corrected chi connectivity index (χ0v) is 22.8. The van der Waals surface area contributed by atoms with E-state index in [0.717, 1.165) is 50.6 Å². The Morgan fingerprint density at radius 2 is 0.929 bits per heavy atom. The zero-order valence-electron chi connectivity index (χ0n) is 22.8. The summed E-state index contributed by atoms with van der Waals surface area (Å²) in [5.41, 5.74) is -0.693. The molecule has 0 bridgehead atoms. The Labute approximate surface area is 239 Å². The Bertz CT molecular complexity index is 1510. The summed E-state index contributed by atoms with van der Waals surface area (Å²) >= 11 is 0. The smallest absolute Gasteiger partial charge is 0.337 e. The minimum absolute atomic E-state index is 0.00251. The van der Waals surface area contributed by atoms with Crippen LogP contribution in [0.25, 0.3) is 11.5 Å². The van der Waals surface area contributed by atoms with Crippen molar-refractivity contribution < 1.29 is 58.6 Å². The summed E-state index contributed by atoms with van der Waals surface area (Å²) in [5.74, 6) is -5.58. The Morgan fingerprint density at radius 1 is 0.571 bits per heavy atom. The Kier molecular flexibility index (Phi) is 9.56. The molecule has 4 N–H and O–H groups in total. The van der Waals surface area contributed by atoms with Gasteiger partial charge in [0.2, 0.25) is 0 Å². The fraction of sp³-hybridized carbons (Fsp3) is 0.133. The van der Waals surface area contributed by atoms with Crippen LogP contribution < -0.4 is 9.47 Å². The molecule has 3 aromatic rings. The largest absolute Gasteiger partial charge is 0.507 e. The van der Waals surface area contributed by atoms with Crippen molar-refractivity contribution in [2.24, 2.45) is 0 Å². The van der Waals surface area contributed by atoms with Crippen LogP contribution in [-0.2, 0) is 9.47 Å². The van der Waals surface area contributed by atoms with Crippen molar-refractivity contribution in [3.63, 3.8) is 0 Å². The molecule has 0 atom stereocenters. The highest BCUT2D eigenvalue weighted by Gasteiger charge is 2.23. The summed E-state index contributed by atoms with van der Waals surface area (Å²) in [6, 6.07) is 9.52. The Morgan fingerprint density at radius 3 is 1.24 bits per heavy atom. The average molecular weight is 579 g/mol. The van der Waals surface area contributed by atoms with Crippen LogP contribution in [-0.4, -0.2) is 72.4 Å². The maximum Gasteiger partial charge on any atom is 0.337 e. The molecule has 218 valence electrons. The number of benzene rings is 3. The number of aliphatic hydroxyl groups excluding tert-OH is 2. The lowest BCUT2D eigenvalue weighted by Gasteiger charge is -2.16. The van der Waals surface area contributed by atoms with E-state index in [1.54, 1.807) is 0 Å². The van der Waals surface area contributed by atoms with Crippen LogP contribution in [0.3, 0.4) is 0 Å². The molecule has 0 aromatic heterocycles. The zero-order chi connectivity index (χ0) is 31.1. The van der Waals surface area contributed by atoms with Gasteiger partial charge in [0, 0.05) is 12.2 Å². The first-order chi connectivity index (χ1) is 20.0. The first-order valence-corrected chi connectivity index (χ1v) is 12.0. The van der Waals surface area contributed by atoms with Crippen LogP contribution in [0.1, 0.15) is 52.6 Å². The van der Waals surface area contributed by atoms with Gasteiger partial charge in [-0.05, 0) is 48.5 Å². The number of hydrogen-bond donors (Lipinski definition) is 4. The molecule has 0 radical (unpaired) electrons. The van der Waals surface area contributed by atoms with Crippen molar-refractivity contribution in [2.45, 2.75) is 0 Å². The number of carbonyl (C=O) groups excluding carboxylic acids is 4. The monoisotopic (exact) mass is 578 g/mol. The van der Waals surface area contributed by atoms with Crippen molar-refractivity contribution in [1.82, 2.24) is 0 Å². The van der Waals surface area contributed by atoms with Crippen LogP contribution in [0, 0.1) is 0 Å².